The van der Waals surface area contributed by atoms with Gasteiger partial charge in [-0.15, -0.1) is 0 Å². The van der Waals surface area contributed by atoms with E-state index in [-0.39, 0.29) is 12.5 Å². The number of carbonyl (C=O) groups excluding carboxylic acids is 1. The predicted molar refractivity (Wildman–Crippen MR) is 61.9 cm³/mol. The summed E-state index contributed by atoms with van der Waals surface area (Å²) >= 11 is 0. The van der Waals surface area contributed by atoms with E-state index in [1.165, 1.54) is 0 Å². The number of rotatable bonds is 7. The fraction of sp³-hybridized carbons (Fsp3) is 0.818. The molecule has 0 aliphatic carbocycles. The number of carboxylic acids is 1. The quantitative estimate of drug-likeness (QED) is 0.601. The Bertz CT molecular complexity index is 252. The molecule has 0 spiro atoms. The van der Waals surface area contributed by atoms with Gasteiger partial charge in [0, 0.05) is 6.54 Å². The summed E-state index contributed by atoms with van der Waals surface area (Å²) < 4.78 is 0. The Morgan fingerprint density at radius 2 is 2.00 bits per heavy atom. The first-order valence-electron chi connectivity index (χ1n) is 5.59. The van der Waals surface area contributed by atoms with Gasteiger partial charge in [-0.2, -0.15) is 0 Å². The molecule has 0 saturated carbocycles. The van der Waals surface area contributed by atoms with E-state index in [1.807, 2.05) is 6.92 Å². The lowest BCUT2D eigenvalue weighted by molar-refractivity contribution is -0.143. The zero-order valence-corrected chi connectivity index (χ0v) is 10.2. The molecule has 0 saturated heterocycles. The summed E-state index contributed by atoms with van der Waals surface area (Å²) in [6, 6.07) is -0.807. The Labute approximate surface area is 96.4 Å². The topological polar surface area (TPSA) is 92.4 Å². The van der Waals surface area contributed by atoms with Crippen LogP contribution in [0.2, 0.25) is 0 Å². The molecule has 4 N–H and O–H groups in total. The van der Waals surface area contributed by atoms with Crippen LogP contribution in [0, 0.1) is 5.41 Å². The maximum absolute atomic E-state index is 11.7. The molecule has 1 amide bonds. The monoisotopic (exact) mass is 230 g/mol. The highest BCUT2D eigenvalue weighted by Crippen LogP contribution is 2.13. The van der Waals surface area contributed by atoms with Gasteiger partial charge in [-0.25, -0.2) is 4.79 Å². The zero-order chi connectivity index (χ0) is 12.8. The normalized spacial score (nSPS) is 13.2. The Morgan fingerprint density at radius 3 is 2.38 bits per heavy atom. The van der Waals surface area contributed by atoms with Crippen molar-refractivity contribution >= 4 is 11.9 Å². The molecule has 0 heterocycles. The number of nitrogens with one attached hydrogen (secondary N) is 1. The van der Waals surface area contributed by atoms with Crippen molar-refractivity contribution in [3.63, 3.8) is 0 Å². The van der Waals surface area contributed by atoms with Crippen LogP contribution < -0.4 is 11.1 Å². The van der Waals surface area contributed by atoms with Crippen molar-refractivity contribution < 1.29 is 14.7 Å². The van der Waals surface area contributed by atoms with Gasteiger partial charge in [0.25, 0.3) is 0 Å². The number of hydrogen-bond acceptors (Lipinski definition) is 3. The van der Waals surface area contributed by atoms with Crippen LogP contribution in [-0.2, 0) is 9.59 Å². The van der Waals surface area contributed by atoms with Gasteiger partial charge < -0.3 is 16.2 Å². The summed E-state index contributed by atoms with van der Waals surface area (Å²) in [4.78, 5) is 22.6. The van der Waals surface area contributed by atoms with Crippen LogP contribution in [0.15, 0.2) is 0 Å². The second-order valence-electron chi connectivity index (χ2n) is 4.59. The van der Waals surface area contributed by atoms with Crippen LogP contribution >= 0.6 is 0 Å². The summed E-state index contributed by atoms with van der Waals surface area (Å²) in [6.45, 7) is 5.56. The first-order valence-corrected chi connectivity index (χ1v) is 5.59. The van der Waals surface area contributed by atoms with Crippen LogP contribution in [0.5, 0.6) is 0 Å². The minimum absolute atomic E-state index is 0.193. The van der Waals surface area contributed by atoms with Gasteiger partial charge in [0.15, 0.2) is 0 Å². The highest BCUT2D eigenvalue weighted by molar-refractivity contribution is 5.87. The molecule has 94 valence electrons. The van der Waals surface area contributed by atoms with Crippen molar-refractivity contribution in [2.24, 2.45) is 11.1 Å². The van der Waals surface area contributed by atoms with E-state index in [0.29, 0.717) is 6.42 Å². The summed E-state index contributed by atoms with van der Waals surface area (Å²) in [7, 11) is 0. The molecule has 0 rings (SSSR count). The average molecular weight is 230 g/mol. The molecule has 1 unspecified atom stereocenters. The fourth-order valence-corrected chi connectivity index (χ4v) is 1.11. The third kappa shape index (κ3) is 4.61. The predicted octanol–water partition coefficient (Wildman–Crippen LogP) is 0.731. The number of hydrogen-bond donors (Lipinski definition) is 3. The maximum atomic E-state index is 11.7. The minimum Gasteiger partial charge on any atom is -0.480 e. The Hall–Kier alpha value is -1.10. The number of carboxylic acid groups (broad SMARTS) is 1. The van der Waals surface area contributed by atoms with Gasteiger partial charge in [-0.1, -0.05) is 19.8 Å². The van der Waals surface area contributed by atoms with Crippen LogP contribution in [0.25, 0.3) is 0 Å². The van der Waals surface area contributed by atoms with Crippen LogP contribution in [0.3, 0.4) is 0 Å². The van der Waals surface area contributed by atoms with Crippen LogP contribution in [-0.4, -0.2) is 29.6 Å². The van der Waals surface area contributed by atoms with Crippen molar-refractivity contribution in [2.75, 3.05) is 6.54 Å². The lowest BCUT2D eigenvalue weighted by Gasteiger charge is -2.24. The number of aliphatic carboxylic acids is 1. The fourth-order valence-electron chi connectivity index (χ4n) is 1.11. The van der Waals surface area contributed by atoms with E-state index in [1.54, 1.807) is 13.8 Å². The van der Waals surface area contributed by atoms with Gasteiger partial charge in [0.1, 0.15) is 6.04 Å². The zero-order valence-electron chi connectivity index (χ0n) is 10.2. The lowest BCUT2D eigenvalue weighted by Crippen LogP contribution is -2.48. The van der Waals surface area contributed by atoms with Gasteiger partial charge in [-0.3, -0.25) is 4.79 Å². The van der Waals surface area contributed by atoms with E-state index in [0.717, 1.165) is 12.8 Å². The first-order chi connectivity index (χ1) is 7.35. The summed E-state index contributed by atoms with van der Waals surface area (Å²) in [5.41, 5.74) is 4.73. The number of nitrogens with two attached hydrogens (primary N) is 1. The highest BCUT2D eigenvalue weighted by Gasteiger charge is 2.29. The number of amides is 1. The van der Waals surface area contributed by atoms with Crippen molar-refractivity contribution in [1.82, 2.24) is 5.32 Å². The summed E-state index contributed by atoms with van der Waals surface area (Å²) in [5, 5.41) is 11.5. The molecule has 0 fully saturated rings. The van der Waals surface area contributed by atoms with Gasteiger partial charge in [0.05, 0.1) is 5.41 Å². The summed E-state index contributed by atoms with van der Waals surface area (Å²) in [6.07, 6.45) is 2.14. The van der Waals surface area contributed by atoms with E-state index in [4.69, 9.17) is 10.8 Å². The molecule has 0 aromatic rings. The van der Waals surface area contributed by atoms with Crippen molar-refractivity contribution in [3.8, 4) is 0 Å². The van der Waals surface area contributed by atoms with Gasteiger partial charge in [0.2, 0.25) is 5.91 Å². The highest BCUT2D eigenvalue weighted by atomic mass is 16.4. The molecule has 1 atom stereocenters. The molecule has 0 aliphatic rings. The standard InChI is InChI=1S/C11H22N2O3/c1-4-5-6-8(9(14)15)13-10(16)11(2,3)7-12/h8H,4-7,12H2,1-3H3,(H,13,16)(H,14,15). The molecule has 0 radical (unpaired) electrons. The molecule has 0 aromatic heterocycles. The third-order valence-corrected chi connectivity index (χ3v) is 2.57. The second-order valence-corrected chi connectivity index (χ2v) is 4.59. The van der Waals surface area contributed by atoms with E-state index >= 15 is 0 Å². The Morgan fingerprint density at radius 1 is 1.44 bits per heavy atom. The average Bonchev–Trinajstić information content (AvgIpc) is 2.23. The Kier molecular flexibility index (Phi) is 6.03. The summed E-state index contributed by atoms with van der Waals surface area (Å²) in [5.74, 6) is -1.30. The largest absolute Gasteiger partial charge is 0.480 e. The molecule has 5 heteroatoms. The van der Waals surface area contributed by atoms with Crippen LogP contribution in [0.4, 0.5) is 0 Å². The first kappa shape index (κ1) is 14.9. The second kappa shape index (κ2) is 6.48. The van der Waals surface area contributed by atoms with E-state index in [2.05, 4.69) is 5.32 Å². The molecule has 0 aromatic carbocycles. The van der Waals surface area contributed by atoms with Crippen molar-refractivity contribution in [2.45, 2.75) is 46.1 Å². The molecule has 16 heavy (non-hydrogen) atoms. The van der Waals surface area contributed by atoms with Crippen LogP contribution in [0.1, 0.15) is 40.0 Å². The molecular weight excluding hydrogens is 208 g/mol. The molecule has 0 aliphatic heterocycles. The molecule has 5 nitrogen and oxygen atoms in total. The van der Waals surface area contributed by atoms with Crippen molar-refractivity contribution in [1.29, 1.82) is 0 Å². The maximum Gasteiger partial charge on any atom is 0.326 e. The number of unbranched alkanes of at least 4 members (excludes halogenated alkanes) is 1. The van der Waals surface area contributed by atoms with E-state index < -0.39 is 17.4 Å². The SMILES string of the molecule is CCCCC(NC(=O)C(C)(C)CN)C(=O)O. The minimum atomic E-state index is -0.991. The number of carbonyl (C=O) groups is 2. The molecular formula is C11H22N2O3. The van der Waals surface area contributed by atoms with E-state index in [9.17, 15) is 9.59 Å². The van der Waals surface area contributed by atoms with Crippen molar-refractivity contribution in [3.05, 3.63) is 0 Å². The van der Waals surface area contributed by atoms with Gasteiger partial charge in [-0.05, 0) is 20.3 Å². The lowest BCUT2D eigenvalue weighted by atomic mass is 9.92. The van der Waals surface area contributed by atoms with Gasteiger partial charge >= 0.3 is 5.97 Å². The molecule has 0 bridgehead atoms. The third-order valence-electron chi connectivity index (χ3n) is 2.57. The smallest absolute Gasteiger partial charge is 0.326 e. The Balaban J connectivity index is 4.40.